The maximum atomic E-state index is 12.6. The van der Waals surface area contributed by atoms with E-state index in [-0.39, 0.29) is 11.1 Å². The molecule has 0 radical (unpaired) electrons. The first-order valence-corrected chi connectivity index (χ1v) is 11.0. The molecule has 1 fully saturated rings. The maximum absolute atomic E-state index is 12.6. The number of aryl methyl sites for hydroxylation is 1. The summed E-state index contributed by atoms with van der Waals surface area (Å²) in [6.07, 6.45) is 4.17. The van der Waals surface area contributed by atoms with E-state index in [0.29, 0.717) is 29.5 Å². The van der Waals surface area contributed by atoms with Crippen molar-refractivity contribution in [3.8, 4) is 5.69 Å². The van der Waals surface area contributed by atoms with Gasteiger partial charge < -0.3 is 5.32 Å². The lowest BCUT2D eigenvalue weighted by molar-refractivity contribution is 0.329. The van der Waals surface area contributed by atoms with Crippen LogP contribution in [0.3, 0.4) is 0 Å². The van der Waals surface area contributed by atoms with Gasteiger partial charge in [-0.15, -0.1) is 0 Å². The monoisotopic (exact) mass is 430 g/mol. The average Bonchev–Trinajstić information content (AvgIpc) is 2.61. The molecule has 1 aromatic carbocycles. The third-order valence-corrected chi connectivity index (χ3v) is 6.57. The van der Waals surface area contributed by atoms with Crippen LogP contribution in [-0.2, 0) is 10.0 Å². The Bertz CT molecular complexity index is 1020. The van der Waals surface area contributed by atoms with Crippen molar-refractivity contribution in [2.24, 2.45) is 0 Å². The number of aromatic nitrogens is 2. The molecule has 1 N–H and O–H groups in total. The summed E-state index contributed by atoms with van der Waals surface area (Å²) in [6, 6.07) is 5.05. The number of rotatable bonds is 4. The third-order valence-electron chi connectivity index (χ3n) is 4.53. The Balaban J connectivity index is 1.85. The van der Waals surface area contributed by atoms with Gasteiger partial charge in [0.25, 0.3) is 5.56 Å². The molecule has 3 rings (SSSR count). The van der Waals surface area contributed by atoms with E-state index in [1.807, 2.05) is 6.92 Å². The van der Waals surface area contributed by atoms with Gasteiger partial charge in [-0.25, -0.2) is 12.7 Å². The summed E-state index contributed by atoms with van der Waals surface area (Å²) in [6.45, 7) is 2.69. The van der Waals surface area contributed by atoms with Crippen molar-refractivity contribution in [3.63, 3.8) is 0 Å². The summed E-state index contributed by atoms with van der Waals surface area (Å²) in [5.41, 5.74) is 1.32. The van der Waals surface area contributed by atoms with Gasteiger partial charge in [-0.2, -0.15) is 9.78 Å². The van der Waals surface area contributed by atoms with Crippen molar-refractivity contribution in [1.82, 2.24) is 14.1 Å². The summed E-state index contributed by atoms with van der Waals surface area (Å²) >= 11 is 12.4. The van der Waals surface area contributed by atoms with Crippen molar-refractivity contribution in [3.05, 3.63) is 50.4 Å². The first-order valence-electron chi connectivity index (χ1n) is 8.43. The van der Waals surface area contributed by atoms with E-state index in [0.717, 1.165) is 18.4 Å². The Labute approximate surface area is 167 Å². The number of nitrogens with one attached hydrogen (secondary N) is 1. The van der Waals surface area contributed by atoms with E-state index in [9.17, 15) is 13.2 Å². The van der Waals surface area contributed by atoms with Gasteiger partial charge in [0.05, 0.1) is 23.8 Å². The standard InChI is InChI=1S/C17H20Cl2N4O3S/c1-11-5-6-13(8-14(11)18)23-17(24)16(19)15(9-20-23)21-12-4-3-7-22(10-12)27(2,25)26/h5-6,8-9,12,21H,3-4,7,10H2,1-2H3. The lowest BCUT2D eigenvalue weighted by atomic mass is 10.1. The Kier molecular flexibility index (Phi) is 5.81. The Morgan fingerprint density at radius 1 is 1.30 bits per heavy atom. The highest BCUT2D eigenvalue weighted by molar-refractivity contribution is 7.88. The molecule has 1 aliphatic heterocycles. The first-order chi connectivity index (χ1) is 12.7. The lowest BCUT2D eigenvalue weighted by Crippen LogP contribution is -2.44. The SMILES string of the molecule is Cc1ccc(-n2ncc(NC3CCCN(S(C)(=O)=O)C3)c(Cl)c2=O)cc1Cl. The van der Waals surface area contributed by atoms with Crippen molar-refractivity contribution < 1.29 is 8.42 Å². The Morgan fingerprint density at radius 2 is 2.04 bits per heavy atom. The highest BCUT2D eigenvalue weighted by atomic mass is 35.5. The minimum Gasteiger partial charge on any atom is -0.378 e. The largest absolute Gasteiger partial charge is 0.378 e. The number of hydrogen-bond donors (Lipinski definition) is 1. The maximum Gasteiger partial charge on any atom is 0.292 e. The number of nitrogens with zero attached hydrogens (tertiary/aromatic N) is 3. The molecule has 27 heavy (non-hydrogen) atoms. The van der Waals surface area contributed by atoms with Crippen molar-refractivity contribution >= 4 is 38.9 Å². The molecule has 2 heterocycles. The molecule has 1 unspecified atom stereocenters. The topological polar surface area (TPSA) is 84.3 Å². The number of anilines is 1. The van der Waals surface area contributed by atoms with Crippen LogP contribution in [0.2, 0.25) is 10.0 Å². The minimum atomic E-state index is -3.25. The minimum absolute atomic E-state index is 0.00169. The lowest BCUT2D eigenvalue weighted by Gasteiger charge is -2.32. The van der Waals surface area contributed by atoms with Gasteiger partial charge in [0.2, 0.25) is 10.0 Å². The molecule has 2 aromatic rings. The highest BCUT2D eigenvalue weighted by Gasteiger charge is 2.26. The number of halogens is 2. The predicted molar refractivity (Wildman–Crippen MR) is 108 cm³/mol. The summed E-state index contributed by atoms with van der Waals surface area (Å²) in [7, 11) is -3.25. The van der Waals surface area contributed by atoms with E-state index in [1.54, 1.807) is 18.2 Å². The zero-order valence-electron chi connectivity index (χ0n) is 14.9. The van der Waals surface area contributed by atoms with Crippen LogP contribution >= 0.6 is 23.2 Å². The van der Waals surface area contributed by atoms with Crippen molar-refractivity contribution in [2.75, 3.05) is 24.7 Å². The molecule has 7 nitrogen and oxygen atoms in total. The van der Waals surface area contributed by atoms with Crippen LogP contribution in [0.5, 0.6) is 0 Å². The number of piperidine rings is 1. The van der Waals surface area contributed by atoms with Gasteiger partial charge in [-0.3, -0.25) is 4.79 Å². The molecule has 0 bridgehead atoms. The molecule has 0 saturated carbocycles. The molecule has 0 aliphatic carbocycles. The van der Waals surface area contributed by atoms with Gasteiger partial charge in [0.1, 0.15) is 5.02 Å². The summed E-state index contributed by atoms with van der Waals surface area (Å²) in [5, 5.41) is 7.86. The second-order valence-electron chi connectivity index (χ2n) is 6.63. The van der Waals surface area contributed by atoms with Crippen LogP contribution in [0.4, 0.5) is 5.69 Å². The number of hydrogen-bond acceptors (Lipinski definition) is 5. The van der Waals surface area contributed by atoms with E-state index < -0.39 is 15.6 Å². The Hall–Kier alpha value is -1.61. The van der Waals surface area contributed by atoms with Gasteiger partial charge >= 0.3 is 0 Å². The van der Waals surface area contributed by atoms with E-state index in [2.05, 4.69) is 10.4 Å². The first kappa shape index (κ1) is 20.1. The predicted octanol–water partition coefficient (Wildman–Crippen LogP) is 2.68. The van der Waals surface area contributed by atoms with Crippen LogP contribution in [0, 0.1) is 6.92 Å². The highest BCUT2D eigenvalue weighted by Crippen LogP contribution is 2.23. The van der Waals surface area contributed by atoms with Crippen LogP contribution < -0.4 is 10.9 Å². The normalized spacial score (nSPS) is 18.4. The second kappa shape index (κ2) is 7.79. The quantitative estimate of drug-likeness (QED) is 0.805. The molecule has 0 amide bonds. The van der Waals surface area contributed by atoms with Crippen LogP contribution in [0.1, 0.15) is 18.4 Å². The molecule has 1 aliphatic rings. The van der Waals surface area contributed by atoms with Crippen molar-refractivity contribution in [1.29, 1.82) is 0 Å². The number of benzene rings is 1. The van der Waals surface area contributed by atoms with Gasteiger partial charge in [0, 0.05) is 24.2 Å². The van der Waals surface area contributed by atoms with Crippen LogP contribution in [0.25, 0.3) is 5.69 Å². The fraction of sp³-hybridized carbons (Fsp3) is 0.412. The van der Waals surface area contributed by atoms with Gasteiger partial charge in [0.15, 0.2) is 0 Å². The van der Waals surface area contributed by atoms with E-state index in [4.69, 9.17) is 23.2 Å². The van der Waals surface area contributed by atoms with Crippen LogP contribution in [0.15, 0.2) is 29.2 Å². The molecule has 10 heteroatoms. The third kappa shape index (κ3) is 4.45. The zero-order valence-corrected chi connectivity index (χ0v) is 17.3. The van der Waals surface area contributed by atoms with E-state index in [1.165, 1.54) is 21.4 Å². The summed E-state index contributed by atoms with van der Waals surface area (Å²) in [5.74, 6) is 0. The second-order valence-corrected chi connectivity index (χ2v) is 9.39. The summed E-state index contributed by atoms with van der Waals surface area (Å²) in [4.78, 5) is 12.6. The van der Waals surface area contributed by atoms with Gasteiger partial charge in [-0.05, 0) is 37.5 Å². The number of sulfonamides is 1. The van der Waals surface area contributed by atoms with Crippen LogP contribution in [-0.4, -0.2) is 47.9 Å². The van der Waals surface area contributed by atoms with Gasteiger partial charge in [-0.1, -0.05) is 29.3 Å². The molecular weight excluding hydrogens is 411 g/mol. The smallest absolute Gasteiger partial charge is 0.292 e. The fourth-order valence-electron chi connectivity index (χ4n) is 3.01. The van der Waals surface area contributed by atoms with E-state index >= 15 is 0 Å². The zero-order chi connectivity index (χ0) is 19.8. The molecule has 1 atom stereocenters. The average molecular weight is 431 g/mol. The Morgan fingerprint density at radius 3 is 2.70 bits per heavy atom. The molecule has 0 spiro atoms. The molecule has 1 saturated heterocycles. The molecule has 1 aromatic heterocycles. The summed E-state index contributed by atoms with van der Waals surface area (Å²) < 4.78 is 26.1. The molecular formula is C17H20Cl2N4O3S. The fourth-order valence-corrected chi connectivity index (χ4v) is 4.28. The molecule has 146 valence electrons. The van der Waals surface area contributed by atoms with Crippen molar-refractivity contribution in [2.45, 2.75) is 25.8 Å².